The second kappa shape index (κ2) is 9.45. The number of fused-ring (bicyclic) bond motifs is 1. The molecular formula is C22H21ClN4O2S. The molecule has 1 amide bonds. The van der Waals surface area contributed by atoms with Crippen LogP contribution in [-0.4, -0.2) is 26.2 Å². The summed E-state index contributed by atoms with van der Waals surface area (Å²) in [6.45, 7) is 0.483. The van der Waals surface area contributed by atoms with Crippen molar-refractivity contribution in [2.45, 2.75) is 37.3 Å². The number of nitrogens with zero attached hydrogens (tertiary/aromatic N) is 3. The summed E-state index contributed by atoms with van der Waals surface area (Å²) in [5.74, 6) is 0.0225. The monoisotopic (exact) mass is 440 g/mol. The first-order valence-electron chi connectivity index (χ1n) is 9.80. The van der Waals surface area contributed by atoms with E-state index in [0.717, 1.165) is 42.5 Å². The predicted molar refractivity (Wildman–Crippen MR) is 119 cm³/mol. The molecule has 1 N–H and O–H groups in total. The van der Waals surface area contributed by atoms with Gasteiger partial charge in [-0.25, -0.2) is 4.79 Å². The molecule has 0 saturated heterocycles. The van der Waals surface area contributed by atoms with Gasteiger partial charge in [0.1, 0.15) is 5.03 Å². The minimum Gasteiger partial charge on any atom is -0.325 e. The normalized spacial score (nSPS) is 13.0. The summed E-state index contributed by atoms with van der Waals surface area (Å²) in [5, 5.41) is 4.06. The minimum atomic E-state index is -0.273. The van der Waals surface area contributed by atoms with Crippen molar-refractivity contribution in [3.05, 3.63) is 81.1 Å². The molecule has 0 bridgehead atoms. The van der Waals surface area contributed by atoms with Crippen LogP contribution < -0.4 is 11.0 Å². The quantitative estimate of drug-likeness (QED) is 0.464. The smallest absolute Gasteiger partial charge is 0.325 e. The molecule has 6 nitrogen and oxygen atoms in total. The molecule has 2 aromatic heterocycles. The number of hydrogen-bond donors (Lipinski definition) is 1. The molecule has 1 aromatic carbocycles. The Hall–Kier alpha value is -2.64. The van der Waals surface area contributed by atoms with Crippen LogP contribution in [0.4, 0.5) is 5.69 Å². The van der Waals surface area contributed by atoms with Crippen molar-refractivity contribution in [2.24, 2.45) is 0 Å². The van der Waals surface area contributed by atoms with E-state index in [9.17, 15) is 9.59 Å². The molecule has 4 rings (SSSR count). The van der Waals surface area contributed by atoms with Crippen LogP contribution in [0.15, 0.2) is 58.6 Å². The van der Waals surface area contributed by atoms with Crippen LogP contribution in [0.25, 0.3) is 0 Å². The second-order valence-electron chi connectivity index (χ2n) is 7.12. The molecule has 0 atom stereocenters. The van der Waals surface area contributed by atoms with Crippen LogP contribution in [0.1, 0.15) is 29.7 Å². The summed E-state index contributed by atoms with van der Waals surface area (Å²) in [6.07, 6.45) is 7.28. The van der Waals surface area contributed by atoms with Gasteiger partial charge >= 0.3 is 5.69 Å². The molecule has 0 fully saturated rings. The van der Waals surface area contributed by atoms with Gasteiger partial charge < -0.3 is 5.32 Å². The number of pyridine rings is 1. The number of hydrogen-bond acceptors (Lipinski definition) is 5. The van der Waals surface area contributed by atoms with E-state index in [1.54, 1.807) is 41.2 Å². The predicted octanol–water partition coefficient (Wildman–Crippen LogP) is 3.95. The molecule has 0 spiro atoms. The minimum absolute atomic E-state index is 0.158. The van der Waals surface area contributed by atoms with E-state index in [1.807, 2.05) is 12.1 Å². The highest BCUT2D eigenvalue weighted by molar-refractivity contribution is 8.00. The van der Waals surface area contributed by atoms with E-state index >= 15 is 0 Å². The Labute approximate surface area is 183 Å². The number of rotatable bonds is 6. The fourth-order valence-corrected chi connectivity index (χ4v) is 4.67. The summed E-state index contributed by atoms with van der Waals surface area (Å²) < 4.78 is 1.76. The van der Waals surface area contributed by atoms with Crippen LogP contribution >= 0.6 is 23.4 Å². The Morgan fingerprint density at radius 2 is 1.97 bits per heavy atom. The fraction of sp³-hybridized carbons (Fsp3) is 0.273. The highest BCUT2D eigenvalue weighted by atomic mass is 35.5. The van der Waals surface area contributed by atoms with Gasteiger partial charge in [-0.05, 0) is 61.6 Å². The maximum absolute atomic E-state index is 12.8. The number of halogens is 1. The maximum atomic E-state index is 12.8. The lowest BCUT2D eigenvalue weighted by atomic mass is 9.97. The van der Waals surface area contributed by atoms with Crippen LogP contribution in [0.2, 0.25) is 5.02 Å². The molecule has 8 heteroatoms. The van der Waals surface area contributed by atoms with E-state index in [-0.39, 0.29) is 17.3 Å². The largest absolute Gasteiger partial charge is 0.349 e. The third kappa shape index (κ3) is 4.91. The summed E-state index contributed by atoms with van der Waals surface area (Å²) in [6, 6.07) is 10.8. The topological polar surface area (TPSA) is 76.9 Å². The number of benzene rings is 1. The standard InChI is InChI=1S/C22H21ClN4O2S/c23-16-4-3-5-17(12-16)25-20(28)14-30-21-18-6-1-2-7-19(18)27(22(29)26-21)13-15-8-10-24-11-9-15/h3-5,8-12H,1-2,6-7,13-14H2,(H,25,28). The summed E-state index contributed by atoms with van der Waals surface area (Å²) in [7, 11) is 0. The van der Waals surface area contributed by atoms with E-state index in [4.69, 9.17) is 11.6 Å². The molecule has 2 heterocycles. The number of anilines is 1. The molecular weight excluding hydrogens is 420 g/mol. The lowest BCUT2D eigenvalue weighted by Crippen LogP contribution is -2.30. The zero-order valence-corrected chi connectivity index (χ0v) is 17.9. The lowest BCUT2D eigenvalue weighted by Gasteiger charge is -2.22. The van der Waals surface area contributed by atoms with Gasteiger partial charge in [-0.1, -0.05) is 29.4 Å². The first-order chi connectivity index (χ1) is 14.6. The number of amides is 1. The first kappa shape index (κ1) is 20.6. The first-order valence-corrected chi connectivity index (χ1v) is 11.2. The van der Waals surface area contributed by atoms with Gasteiger partial charge in [0, 0.05) is 34.4 Å². The SMILES string of the molecule is O=C(CSc1nc(=O)n(Cc2ccncc2)c2c1CCCC2)Nc1cccc(Cl)c1. The van der Waals surface area contributed by atoms with Gasteiger partial charge in [0.15, 0.2) is 0 Å². The van der Waals surface area contributed by atoms with Crippen molar-refractivity contribution in [3.63, 3.8) is 0 Å². The lowest BCUT2D eigenvalue weighted by molar-refractivity contribution is -0.113. The molecule has 3 aromatic rings. The van der Waals surface area contributed by atoms with Crippen molar-refractivity contribution in [3.8, 4) is 0 Å². The molecule has 154 valence electrons. The van der Waals surface area contributed by atoms with E-state index in [1.165, 1.54) is 11.8 Å². The Kier molecular flexibility index (Phi) is 6.50. The Morgan fingerprint density at radius 3 is 2.77 bits per heavy atom. The van der Waals surface area contributed by atoms with Crippen molar-refractivity contribution >= 4 is 35.0 Å². The molecule has 1 aliphatic rings. The van der Waals surface area contributed by atoms with Gasteiger partial charge in [0.2, 0.25) is 5.91 Å². The molecule has 0 unspecified atom stereocenters. The van der Waals surface area contributed by atoms with Gasteiger partial charge in [-0.15, -0.1) is 0 Å². The Morgan fingerprint density at radius 1 is 1.17 bits per heavy atom. The number of nitrogens with one attached hydrogen (secondary N) is 1. The third-order valence-electron chi connectivity index (χ3n) is 4.99. The average molecular weight is 441 g/mol. The zero-order chi connectivity index (χ0) is 20.9. The van der Waals surface area contributed by atoms with E-state index in [2.05, 4.69) is 15.3 Å². The van der Waals surface area contributed by atoms with Crippen molar-refractivity contribution in [1.82, 2.24) is 14.5 Å². The molecule has 30 heavy (non-hydrogen) atoms. The van der Waals surface area contributed by atoms with Crippen LogP contribution in [0, 0.1) is 0 Å². The number of carbonyl (C=O) groups excluding carboxylic acids is 1. The van der Waals surface area contributed by atoms with Crippen LogP contribution in [-0.2, 0) is 24.2 Å². The van der Waals surface area contributed by atoms with E-state index in [0.29, 0.717) is 22.3 Å². The number of thioether (sulfide) groups is 1. The summed E-state index contributed by atoms with van der Waals surface area (Å²) in [5.41, 5.74) is 3.52. The van der Waals surface area contributed by atoms with Crippen LogP contribution in [0.3, 0.4) is 0 Å². The summed E-state index contributed by atoms with van der Waals surface area (Å²) >= 11 is 7.28. The molecule has 0 aliphatic heterocycles. The number of aromatic nitrogens is 3. The number of carbonyl (C=O) groups is 1. The van der Waals surface area contributed by atoms with Crippen molar-refractivity contribution < 1.29 is 4.79 Å². The Balaban J connectivity index is 1.53. The second-order valence-corrected chi connectivity index (χ2v) is 8.52. The summed E-state index contributed by atoms with van der Waals surface area (Å²) in [4.78, 5) is 33.5. The zero-order valence-electron chi connectivity index (χ0n) is 16.3. The van der Waals surface area contributed by atoms with Gasteiger partial charge in [0.05, 0.1) is 12.3 Å². The molecule has 1 aliphatic carbocycles. The Bertz CT molecular complexity index is 1120. The van der Waals surface area contributed by atoms with Gasteiger partial charge in [-0.2, -0.15) is 4.98 Å². The van der Waals surface area contributed by atoms with Crippen LogP contribution in [0.5, 0.6) is 0 Å². The van der Waals surface area contributed by atoms with Crippen molar-refractivity contribution in [1.29, 1.82) is 0 Å². The average Bonchev–Trinajstić information content (AvgIpc) is 2.75. The van der Waals surface area contributed by atoms with E-state index < -0.39 is 0 Å². The molecule has 0 radical (unpaired) electrons. The maximum Gasteiger partial charge on any atom is 0.349 e. The van der Waals surface area contributed by atoms with Crippen molar-refractivity contribution in [2.75, 3.05) is 11.1 Å². The highest BCUT2D eigenvalue weighted by Gasteiger charge is 2.21. The fourth-order valence-electron chi connectivity index (χ4n) is 3.60. The van der Waals surface area contributed by atoms with Gasteiger partial charge in [0.25, 0.3) is 0 Å². The third-order valence-corrected chi connectivity index (χ3v) is 6.24. The van der Waals surface area contributed by atoms with Gasteiger partial charge in [-0.3, -0.25) is 14.3 Å². The highest BCUT2D eigenvalue weighted by Crippen LogP contribution is 2.29. The molecule has 0 saturated carbocycles.